The van der Waals surface area contributed by atoms with Gasteiger partial charge in [0.25, 0.3) is 10.1 Å². The highest BCUT2D eigenvalue weighted by atomic mass is 32.3. The number of rotatable bonds is 2. The molecule has 0 aromatic heterocycles. The normalized spacial score (nSPS) is 11.3. The second-order valence-electron chi connectivity index (χ2n) is 2.59. The average Bonchev–Trinajstić information content (AvgIpc) is 2.14. The Morgan fingerprint density at radius 1 is 0.941 bits per heavy atom. The minimum absolute atomic E-state index is 0.151. The summed E-state index contributed by atoms with van der Waals surface area (Å²) in [5, 5.41) is 0. The van der Waals surface area contributed by atoms with Gasteiger partial charge in [-0.3, -0.25) is 19.5 Å². The average molecular weight is 286 g/mol. The fraction of sp³-hybridized carbons (Fsp3) is 0. The first-order valence-electron chi connectivity index (χ1n) is 3.78. The molecule has 0 bridgehead atoms. The Morgan fingerprint density at radius 3 is 1.53 bits per heavy atom. The van der Waals surface area contributed by atoms with Crippen molar-refractivity contribution in [3.63, 3.8) is 0 Å². The highest BCUT2D eigenvalue weighted by molar-refractivity contribution is 7.85. The molecule has 98 valence electrons. The standard InChI is InChI=1S/C6H8N2O3S.H2O4S/c7-8-5-1-3-6(4-2-5)12(9,10)11;1-5(2,3)4/h1-4,8H,7H2,(H,9,10,11);(H2,1,2,3,4). The van der Waals surface area contributed by atoms with Gasteiger partial charge in [-0.15, -0.1) is 0 Å². The van der Waals surface area contributed by atoms with E-state index in [1.807, 2.05) is 0 Å². The fourth-order valence-electron chi connectivity index (χ4n) is 0.723. The van der Waals surface area contributed by atoms with Crippen LogP contribution >= 0.6 is 0 Å². The van der Waals surface area contributed by atoms with Crippen LogP contribution in [0.4, 0.5) is 5.69 Å². The molecule has 0 radical (unpaired) electrons. The number of anilines is 1. The molecule has 17 heavy (non-hydrogen) atoms. The molecular formula is C6H10N2O7S2. The van der Waals surface area contributed by atoms with Gasteiger partial charge in [0.15, 0.2) is 0 Å². The van der Waals surface area contributed by atoms with Crippen LogP contribution in [0.15, 0.2) is 29.2 Å². The van der Waals surface area contributed by atoms with Crippen molar-refractivity contribution in [1.82, 2.24) is 0 Å². The van der Waals surface area contributed by atoms with E-state index in [0.717, 1.165) is 0 Å². The summed E-state index contributed by atoms with van der Waals surface area (Å²) in [6, 6.07) is 5.40. The summed E-state index contributed by atoms with van der Waals surface area (Å²) >= 11 is 0. The molecule has 1 aromatic carbocycles. The van der Waals surface area contributed by atoms with Crippen molar-refractivity contribution in [2.45, 2.75) is 4.90 Å². The zero-order valence-corrected chi connectivity index (χ0v) is 9.81. The van der Waals surface area contributed by atoms with Crippen LogP contribution in [0.1, 0.15) is 0 Å². The second kappa shape index (κ2) is 5.90. The van der Waals surface area contributed by atoms with Gasteiger partial charge in [0.2, 0.25) is 0 Å². The molecule has 9 nitrogen and oxygen atoms in total. The molecule has 1 rings (SSSR count). The van der Waals surface area contributed by atoms with Gasteiger partial charge in [-0.05, 0) is 24.3 Å². The lowest BCUT2D eigenvalue weighted by Crippen LogP contribution is -2.06. The number of nitrogens with two attached hydrogens (primary N) is 1. The predicted molar refractivity (Wildman–Crippen MR) is 58.2 cm³/mol. The first-order valence-corrected chi connectivity index (χ1v) is 6.62. The van der Waals surface area contributed by atoms with E-state index in [1.54, 1.807) is 0 Å². The zero-order valence-electron chi connectivity index (χ0n) is 8.18. The van der Waals surface area contributed by atoms with Crippen molar-refractivity contribution in [2.75, 3.05) is 5.43 Å². The molecule has 11 heteroatoms. The summed E-state index contributed by atoms with van der Waals surface area (Å²) in [7, 11) is -8.76. The molecule has 0 saturated carbocycles. The van der Waals surface area contributed by atoms with E-state index in [-0.39, 0.29) is 4.90 Å². The minimum atomic E-state index is -4.67. The SMILES string of the molecule is NNc1ccc(S(=O)(=O)O)cc1.O=S(=O)(O)O. The van der Waals surface area contributed by atoms with Crippen LogP contribution in [-0.4, -0.2) is 30.5 Å². The van der Waals surface area contributed by atoms with E-state index in [2.05, 4.69) is 5.43 Å². The van der Waals surface area contributed by atoms with E-state index < -0.39 is 20.5 Å². The predicted octanol–water partition coefficient (Wildman–Crippen LogP) is -0.434. The first-order chi connectivity index (χ1) is 7.54. The lowest BCUT2D eigenvalue weighted by molar-refractivity contribution is 0.381. The van der Waals surface area contributed by atoms with Crippen molar-refractivity contribution in [1.29, 1.82) is 0 Å². The smallest absolute Gasteiger partial charge is 0.324 e. The van der Waals surface area contributed by atoms with Gasteiger partial charge in [-0.2, -0.15) is 16.8 Å². The largest absolute Gasteiger partial charge is 0.394 e. The number of benzene rings is 1. The zero-order chi connectivity index (χ0) is 13.7. The molecule has 0 aliphatic rings. The van der Waals surface area contributed by atoms with E-state index in [1.165, 1.54) is 24.3 Å². The Morgan fingerprint density at radius 2 is 1.29 bits per heavy atom. The van der Waals surface area contributed by atoms with Gasteiger partial charge in [0.05, 0.1) is 4.90 Å². The van der Waals surface area contributed by atoms with Gasteiger partial charge < -0.3 is 5.43 Å². The van der Waals surface area contributed by atoms with Crippen molar-refractivity contribution in [3.8, 4) is 0 Å². The van der Waals surface area contributed by atoms with Crippen molar-refractivity contribution in [3.05, 3.63) is 24.3 Å². The van der Waals surface area contributed by atoms with Gasteiger partial charge in [0.1, 0.15) is 0 Å². The minimum Gasteiger partial charge on any atom is -0.324 e. The monoisotopic (exact) mass is 286 g/mol. The summed E-state index contributed by atoms with van der Waals surface area (Å²) in [6.45, 7) is 0. The molecule has 1 aromatic rings. The van der Waals surface area contributed by atoms with Crippen LogP contribution in [0.25, 0.3) is 0 Å². The Bertz CT molecular complexity index is 541. The van der Waals surface area contributed by atoms with Crippen molar-refractivity contribution in [2.24, 2.45) is 5.84 Å². The molecular weight excluding hydrogens is 276 g/mol. The molecule has 6 N–H and O–H groups in total. The number of hydrazine groups is 1. The Labute approximate surface area is 97.6 Å². The van der Waals surface area contributed by atoms with Crippen LogP contribution in [0.5, 0.6) is 0 Å². The molecule has 0 amide bonds. The molecule has 0 atom stereocenters. The molecule has 0 fully saturated rings. The highest BCUT2D eigenvalue weighted by Gasteiger charge is 2.07. The maximum Gasteiger partial charge on any atom is 0.394 e. The van der Waals surface area contributed by atoms with Crippen molar-refractivity contribution < 1.29 is 30.5 Å². The third-order valence-electron chi connectivity index (χ3n) is 1.32. The number of nitrogen functional groups attached to an aromatic ring is 1. The van der Waals surface area contributed by atoms with E-state index >= 15 is 0 Å². The van der Waals surface area contributed by atoms with Gasteiger partial charge in [-0.1, -0.05) is 0 Å². The van der Waals surface area contributed by atoms with Crippen LogP contribution in [0, 0.1) is 0 Å². The summed E-state index contributed by atoms with van der Waals surface area (Å²) in [5.41, 5.74) is 2.90. The third-order valence-corrected chi connectivity index (χ3v) is 2.19. The number of nitrogens with one attached hydrogen (secondary N) is 1. The summed E-state index contributed by atoms with van der Waals surface area (Å²) < 4.78 is 61.2. The number of hydrogen-bond acceptors (Lipinski definition) is 6. The summed E-state index contributed by atoms with van der Waals surface area (Å²) in [6.07, 6.45) is 0. The Hall–Kier alpha value is -1.24. The van der Waals surface area contributed by atoms with Crippen LogP contribution in [0.2, 0.25) is 0 Å². The van der Waals surface area contributed by atoms with Crippen LogP contribution < -0.4 is 11.3 Å². The maximum atomic E-state index is 10.5. The van der Waals surface area contributed by atoms with Crippen LogP contribution in [-0.2, 0) is 20.5 Å². The van der Waals surface area contributed by atoms with Crippen molar-refractivity contribution >= 4 is 26.2 Å². The third kappa shape index (κ3) is 8.56. The lowest BCUT2D eigenvalue weighted by atomic mass is 10.3. The Kier molecular flexibility index (Phi) is 5.47. The van der Waals surface area contributed by atoms with E-state index in [9.17, 15) is 8.42 Å². The van der Waals surface area contributed by atoms with Gasteiger partial charge in [-0.25, -0.2) is 0 Å². The topological polar surface area (TPSA) is 167 Å². The first kappa shape index (κ1) is 15.8. The molecule has 0 spiro atoms. The highest BCUT2D eigenvalue weighted by Crippen LogP contribution is 2.12. The number of hydrogen-bond donors (Lipinski definition) is 5. The molecule has 0 heterocycles. The molecule has 0 aliphatic heterocycles. The van der Waals surface area contributed by atoms with Gasteiger partial charge >= 0.3 is 10.4 Å². The van der Waals surface area contributed by atoms with E-state index in [4.69, 9.17) is 27.9 Å². The van der Waals surface area contributed by atoms with Gasteiger partial charge in [0, 0.05) is 5.69 Å². The van der Waals surface area contributed by atoms with E-state index in [0.29, 0.717) is 5.69 Å². The molecule has 0 aliphatic carbocycles. The molecule has 0 saturated heterocycles. The maximum absolute atomic E-state index is 10.5. The Balaban J connectivity index is 0.000000437. The summed E-state index contributed by atoms with van der Waals surface area (Å²) in [4.78, 5) is -0.151. The fourth-order valence-corrected chi connectivity index (χ4v) is 1.20. The lowest BCUT2D eigenvalue weighted by Gasteiger charge is -1.99. The summed E-state index contributed by atoms with van der Waals surface area (Å²) in [5.74, 6) is 5.05. The quantitative estimate of drug-likeness (QED) is 0.275. The second-order valence-corrected chi connectivity index (χ2v) is 4.91. The van der Waals surface area contributed by atoms with Crippen LogP contribution in [0.3, 0.4) is 0 Å². The molecule has 0 unspecified atom stereocenters.